The quantitative estimate of drug-likeness (QED) is 0.748. The molecule has 0 aliphatic heterocycles. The molecule has 0 spiro atoms. The zero-order valence-electron chi connectivity index (χ0n) is 15.9. The fourth-order valence-electron chi connectivity index (χ4n) is 3.36. The van der Waals surface area contributed by atoms with Gasteiger partial charge in [-0.3, -0.25) is 0 Å². The van der Waals surface area contributed by atoms with E-state index in [1.165, 1.54) is 0 Å². The van der Waals surface area contributed by atoms with Gasteiger partial charge in [-0.05, 0) is 74.6 Å². The van der Waals surface area contributed by atoms with Gasteiger partial charge in [0.05, 0.1) is 10.6 Å². The first kappa shape index (κ1) is 18.6. The lowest BCUT2D eigenvalue weighted by Gasteiger charge is -2.19. The first-order valence-corrected chi connectivity index (χ1v) is 10.2. The third-order valence-corrected chi connectivity index (χ3v) is 7.02. The molecule has 0 amide bonds. The molecule has 0 aliphatic carbocycles. The molecule has 1 aromatic carbocycles. The molecular weight excluding hydrogens is 346 g/mol. The lowest BCUT2D eigenvalue weighted by molar-refractivity contribution is 0.579. The van der Waals surface area contributed by atoms with Gasteiger partial charge in [0.1, 0.15) is 5.65 Å². The van der Waals surface area contributed by atoms with Crippen LogP contribution in [0.1, 0.15) is 33.5 Å². The Morgan fingerprint density at radius 2 is 1.58 bits per heavy atom. The minimum absolute atomic E-state index is 0.317. The van der Waals surface area contributed by atoms with Gasteiger partial charge in [0.15, 0.2) is 0 Å². The van der Waals surface area contributed by atoms with Gasteiger partial charge in [0.2, 0.25) is 10.0 Å². The normalized spacial score (nSPS) is 12.0. The molecule has 0 aliphatic rings. The standard InChI is InChI=1S/C20H25N3O2S/c1-13-14(2)16(4)20(17(5)15(13)3)26(24,25)21-10-9-18-12-23-11-7-6-8-19(23)22-18/h6-8,11-12,21H,9-10H2,1-5H3. The molecule has 0 saturated carbocycles. The Morgan fingerprint density at radius 1 is 0.962 bits per heavy atom. The molecule has 2 aromatic heterocycles. The number of aromatic nitrogens is 2. The molecule has 0 unspecified atom stereocenters. The first-order valence-electron chi connectivity index (χ1n) is 8.71. The summed E-state index contributed by atoms with van der Waals surface area (Å²) in [6.45, 7) is 10.1. The van der Waals surface area contributed by atoms with Crippen LogP contribution >= 0.6 is 0 Å². The van der Waals surface area contributed by atoms with Crippen LogP contribution in [0, 0.1) is 34.6 Å². The molecule has 3 aromatic rings. The minimum Gasteiger partial charge on any atom is -0.307 e. The summed E-state index contributed by atoms with van der Waals surface area (Å²) < 4.78 is 30.5. The Hall–Kier alpha value is -2.18. The summed E-state index contributed by atoms with van der Waals surface area (Å²) >= 11 is 0. The van der Waals surface area contributed by atoms with E-state index in [-0.39, 0.29) is 0 Å². The van der Waals surface area contributed by atoms with E-state index >= 15 is 0 Å². The van der Waals surface area contributed by atoms with Crippen molar-refractivity contribution in [2.24, 2.45) is 0 Å². The first-order chi connectivity index (χ1) is 12.2. The SMILES string of the molecule is Cc1c(C)c(C)c(S(=O)(=O)NCCc2cn3ccccc3n2)c(C)c1C. The van der Waals surface area contributed by atoms with E-state index in [0.29, 0.717) is 17.9 Å². The van der Waals surface area contributed by atoms with Gasteiger partial charge in [-0.2, -0.15) is 0 Å². The average Bonchev–Trinajstić information content (AvgIpc) is 3.00. The number of fused-ring (bicyclic) bond motifs is 1. The molecule has 5 nitrogen and oxygen atoms in total. The van der Waals surface area contributed by atoms with Crippen molar-refractivity contribution in [2.45, 2.75) is 45.9 Å². The van der Waals surface area contributed by atoms with Gasteiger partial charge in [0, 0.05) is 25.4 Å². The van der Waals surface area contributed by atoms with Crippen molar-refractivity contribution in [1.29, 1.82) is 0 Å². The van der Waals surface area contributed by atoms with Crippen molar-refractivity contribution in [3.63, 3.8) is 0 Å². The summed E-state index contributed by atoms with van der Waals surface area (Å²) in [5.74, 6) is 0. The fourth-order valence-corrected chi connectivity index (χ4v) is 4.99. The summed E-state index contributed by atoms with van der Waals surface area (Å²) in [5.41, 5.74) is 6.61. The van der Waals surface area contributed by atoms with Crippen LogP contribution < -0.4 is 4.72 Å². The highest BCUT2D eigenvalue weighted by molar-refractivity contribution is 7.89. The van der Waals surface area contributed by atoms with E-state index in [1.807, 2.05) is 69.6 Å². The van der Waals surface area contributed by atoms with E-state index in [9.17, 15) is 8.42 Å². The van der Waals surface area contributed by atoms with Crippen LogP contribution in [0.15, 0.2) is 35.5 Å². The molecule has 1 N–H and O–H groups in total. The van der Waals surface area contributed by atoms with Crippen molar-refractivity contribution in [2.75, 3.05) is 6.54 Å². The highest BCUT2D eigenvalue weighted by Crippen LogP contribution is 2.29. The van der Waals surface area contributed by atoms with E-state index in [2.05, 4.69) is 9.71 Å². The number of hydrogen-bond acceptors (Lipinski definition) is 3. The largest absolute Gasteiger partial charge is 0.307 e. The predicted molar refractivity (Wildman–Crippen MR) is 104 cm³/mol. The van der Waals surface area contributed by atoms with E-state index in [1.54, 1.807) is 0 Å². The Bertz CT molecular complexity index is 1020. The van der Waals surface area contributed by atoms with Crippen LogP contribution in [-0.2, 0) is 16.4 Å². The Labute approximate surface area is 155 Å². The number of imidazole rings is 1. The highest BCUT2D eigenvalue weighted by atomic mass is 32.2. The highest BCUT2D eigenvalue weighted by Gasteiger charge is 2.23. The van der Waals surface area contributed by atoms with Crippen molar-refractivity contribution in [3.05, 3.63) is 64.1 Å². The number of rotatable bonds is 5. The fraction of sp³-hybridized carbons (Fsp3) is 0.350. The van der Waals surface area contributed by atoms with Crippen LogP contribution in [-0.4, -0.2) is 24.3 Å². The summed E-state index contributed by atoms with van der Waals surface area (Å²) in [7, 11) is -3.57. The lowest BCUT2D eigenvalue weighted by Crippen LogP contribution is -2.28. The Kier molecular flexibility index (Phi) is 4.90. The van der Waals surface area contributed by atoms with E-state index in [4.69, 9.17) is 0 Å². The smallest absolute Gasteiger partial charge is 0.241 e. The maximum absolute atomic E-state index is 12.9. The van der Waals surface area contributed by atoms with Crippen LogP contribution in [0.3, 0.4) is 0 Å². The monoisotopic (exact) mass is 371 g/mol. The summed E-state index contributed by atoms with van der Waals surface area (Å²) in [4.78, 5) is 4.92. The number of hydrogen-bond donors (Lipinski definition) is 1. The second-order valence-corrected chi connectivity index (χ2v) is 8.50. The molecule has 6 heteroatoms. The van der Waals surface area contributed by atoms with Gasteiger partial charge in [-0.15, -0.1) is 0 Å². The second kappa shape index (κ2) is 6.85. The average molecular weight is 372 g/mol. The molecular formula is C20H25N3O2S. The lowest BCUT2D eigenvalue weighted by atomic mass is 9.95. The van der Waals surface area contributed by atoms with Gasteiger partial charge in [-0.1, -0.05) is 6.07 Å². The summed E-state index contributed by atoms with van der Waals surface area (Å²) in [6.07, 6.45) is 4.41. The molecule has 0 fully saturated rings. The Balaban J connectivity index is 1.81. The zero-order chi connectivity index (χ0) is 19.1. The van der Waals surface area contributed by atoms with Crippen LogP contribution in [0.25, 0.3) is 5.65 Å². The van der Waals surface area contributed by atoms with Gasteiger partial charge in [-0.25, -0.2) is 18.1 Å². The predicted octanol–water partition coefficient (Wildman–Crippen LogP) is 3.40. The van der Waals surface area contributed by atoms with E-state index < -0.39 is 10.0 Å². The topological polar surface area (TPSA) is 63.5 Å². The molecule has 0 saturated heterocycles. The zero-order valence-corrected chi connectivity index (χ0v) is 16.7. The molecule has 138 valence electrons. The van der Waals surface area contributed by atoms with E-state index in [0.717, 1.165) is 39.2 Å². The number of nitrogens with one attached hydrogen (secondary N) is 1. The molecule has 0 bridgehead atoms. The van der Waals surface area contributed by atoms with Crippen molar-refractivity contribution < 1.29 is 8.42 Å². The molecule has 0 radical (unpaired) electrons. The molecule has 2 heterocycles. The van der Waals surface area contributed by atoms with Crippen molar-refractivity contribution >= 4 is 15.7 Å². The molecule has 26 heavy (non-hydrogen) atoms. The number of benzene rings is 1. The van der Waals surface area contributed by atoms with Crippen LogP contribution in [0.4, 0.5) is 0 Å². The van der Waals surface area contributed by atoms with Gasteiger partial charge < -0.3 is 4.40 Å². The minimum atomic E-state index is -3.57. The van der Waals surface area contributed by atoms with Crippen LogP contribution in [0.5, 0.6) is 0 Å². The van der Waals surface area contributed by atoms with Crippen molar-refractivity contribution in [1.82, 2.24) is 14.1 Å². The molecule has 0 atom stereocenters. The van der Waals surface area contributed by atoms with Gasteiger partial charge in [0.25, 0.3) is 0 Å². The number of pyridine rings is 1. The maximum atomic E-state index is 12.9. The summed E-state index contributed by atoms with van der Waals surface area (Å²) in [5, 5.41) is 0. The summed E-state index contributed by atoms with van der Waals surface area (Å²) in [6, 6.07) is 5.80. The van der Waals surface area contributed by atoms with Crippen LogP contribution in [0.2, 0.25) is 0 Å². The van der Waals surface area contributed by atoms with Crippen molar-refractivity contribution in [3.8, 4) is 0 Å². The maximum Gasteiger partial charge on any atom is 0.241 e. The third kappa shape index (κ3) is 3.27. The van der Waals surface area contributed by atoms with Gasteiger partial charge >= 0.3 is 0 Å². The second-order valence-electron chi connectivity index (χ2n) is 6.80. The number of sulfonamides is 1. The Morgan fingerprint density at radius 3 is 2.19 bits per heavy atom. The molecule has 3 rings (SSSR count). The third-order valence-electron chi connectivity index (χ3n) is 5.29. The number of nitrogens with zero attached hydrogens (tertiary/aromatic N) is 2.